The van der Waals surface area contributed by atoms with Crippen LogP contribution in [0.4, 0.5) is 0 Å². The summed E-state index contributed by atoms with van der Waals surface area (Å²) >= 11 is 2.61. The van der Waals surface area contributed by atoms with Crippen LogP contribution in [-0.4, -0.2) is 24.9 Å². The quantitative estimate of drug-likeness (QED) is 0.244. The van der Waals surface area contributed by atoms with Gasteiger partial charge in [0.15, 0.2) is 6.42 Å². The second kappa shape index (κ2) is 4.04. The molecule has 0 spiro atoms. The van der Waals surface area contributed by atoms with Gasteiger partial charge in [0.1, 0.15) is 0 Å². The minimum absolute atomic E-state index is 0.732. The summed E-state index contributed by atoms with van der Waals surface area (Å²) in [4.78, 5) is 28.3. The monoisotopic (exact) mass is 285 g/mol. The van der Waals surface area contributed by atoms with E-state index in [1.807, 2.05) is 0 Å². The molecule has 0 aliphatic rings. The summed E-state index contributed by atoms with van der Waals surface area (Å²) in [5.74, 6) is 0. The van der Waals surface area contributed by atoms with Gasteiger partial charge < -0.3 is 0 Å². The van der Waals surface area contributed by atoms with E-state index in [1.54, 1.807) is 0 Å². The van der Waals surface area contributed by atoms with Crippen molar-refractivity contribution in [1.29, 1.82) is 0 Å². The van der Waals surface area contributed by atoms with Gasteiger partial charge in [-0.2, -0.15) is 0 Å². The Bertz CT molecular complexity index is 302. The molecule has 0 aliphatic heterocycles. The first kappa shape index (κ1) is 13.7. The zero-order chi connectivity index (χ0) is 12.4. The molecule has 0 fully saturated rings. The Balaban J connectivity index is 5.11. The Morgan fingerprint density at radius 1 is 1.00 bits per heavy atom. The van der Waals surface area contributed by atoms with Gasteiger partial charge in [-0.1, -0.05) is 0 Å². The van der Waals surface area contributed by atoms with Gasteiger partial charge in [0, 0.05) is 27.8 Å². The first-order valence-corrected chi connectivity index (χ1v) is 4.46. The topological polar surface area (TPSA) is 129 Å². The van der Waals surface area contributed by atoms with Crippen LogP contribution in [-0.2, 0) is 0 Å². The third-order valence-corrected chi connectivity index (χ3v) is 2.39. The van der Waals surface area contributed by atoms with E-state index in [4.69, 9.17) is 0 Å². The molecule has 15 heavy (non-hydrogen) atoms. The van der Waals surface area contributed by atoms with Crippen molar-refractivity contribution < 1.29 is 14.8 Å². The summed E-state index contributed by atoms with van der Waals surface area (Å²) in [6.07, 6.45) is -0.854. The molecular formula is C5H8BrN3O6. The van der Waals surface area contributed by atoms with Crippen LogP contribution in [0.25, 0.3) is 0 Å². The minimum Gasteiger partial charge on any atom is -0.263 e. The minimum atomic E-state index is -2.58. The van der Waals surface area contributed by atoms with E-state index >= 15 is 0 Å². The molecule has 0 rings (SSSR count). The van der Waals surface area contributed by atoms with Crippen molar-refractivity contribution in [3.05, 3.63) is 30.3 Å². The van der Waals surface area contributed by atoms with Gasteiger partial charge in [-0.3, -0.25) is 30.3 Å². The lowest BCUT2D eigenvalue weighted by atomic mass is 10.1. The molecule has 0 aromatic heterocycles. The molecule has 9 nitrogen and oxygen atoms in total. The Kier molecular flexibility index (Phi) is 3.69. The summed E-state index contributed by atoms with van der Waals surface area (Å²) in [6.45, 7) is 1.76. The fourth-order valence-corrected chi connectivity index (χ4v) is 1.40. The van der Waals surface area contributed by atoms with Crippen LogP contribution in [0.5, 0.6) is 0 Å². The van der Waals surface area contributed by atoms with E-state index in [1.165, 1.54) is 0 Å². The highest BCUT2D eigenvalue weighted by Gasteiger charge is 2.59. The van der Waals surface area contributed by atoms with Gasteiger partial charge in [-0.25, -0.2) is 0 Å². The SMILES string of the molecule is CC(Br)(CC(C)([N+](=O)[O-])[N+](=O)[O-])[N+](=O)[O-]. The van der Waals surface area contributed by atoms with Crippen molar-refractivity contribution in [3.8, 4) is 0 Å². The number of hydrogen-bond donors (Lipinski definition) is 0. The maximum absolute atomic E-state index is 10.5. The second-order valence-electron chi connectivity index (χ2n) is 3.31. The largest absolute Gasteiger partial charge is 0.463 e. The zero-order valence-electron chi connectivity index (χ0n) is 7.88. The number of halogens is 1. The normalized spacial score (nSPS) is 15.4. The lowest BCUT2D eigenvalue weighted by Gasteiger charge is -2.18. The fraction of sp³-hybridized carbons (Fsp3) is 1.00. The molecule has 0 N–H and O–H groups in total. The molecule has 0 amide bonds. The Morgan fingerprint density at radius 2 is 1.33 bits per heavy atom. The van der Waals surface area contributed by atoms with Crippen LogP contribution in [0.3, 0.4) is 0 Å². The number of alkyl halides is 1. The first-order valence-electron chi connectivity index (χ1n) is 3.66. The van der Waals surface area contributed by atoms with E-state index in [-0.39, 0.29) is 0 Å². The standard InChI is InChI=1S/C5H8BrN3O6/c1-4(6,7(10)11)3-5(2,8(12)13)9(14)15/h3H2,1-2H3. The van der Waals surface area contributed by atoms with E-state index in [0.717, 1.165) is 13.8 Å². The van der Waals surface area contributed by atoms with Gasteiger partial charge in [-0.05, 0) is 0 Å². The number of nitrogens with zero attached hydrogens (tertiary/aromatic N) is 3. The molecular weight excluding hydrogens is 278 g/mol. The first-order chi connectivity index (χ1) is 6.54. The highest BCUT2D eigenvalue weighted by Crippen LogP contribution is 2.31. The fourth-order valence-electron chi connectivity index (χ4n) is 0.872. The lowest BCUT2D eigenvalue weighted by molar-refractivity contribution is -0.798. The highest BCUT2D eigenvalue weighted by molar-refractivity contribution is 9.10. The van der Waals surface area contributed by atoms with Gasteiger partial charge in [-0.15, -0.1) is 0 Å². The third kappa shape index (κ3) is 2.81. The maximum atomic E-state index is 10.5. The zero-order valence-corrected chi connectivity index (χ0v) is 9.46. The number of hydrogen-bond acceptors (Lipinski definition) is 6. The molecule has 1 unspecified atom stereocenters. The van der Waals surface area contributed by atoms with E-state index in [0.29, 0.717) is 0 Å². The summed E-state index contributed by atoms with van der Waals surface area (Å²) in [5, 5.41) is 31.4. The van der Waals surface area contributed by atoms with E-state index in [9.17, 15) is 30.3 Å². The average molecular weight is 286 g/mol. The van der Waals surface area contributed by atoms with Crippen LogP contribution >= 0.6 is 15.9 Å². The lowest BCUT2D eigenvalue weighted by Crippen LogP contribution is -2.49. The Morgan fingerprint density at radius 3 is 1.53 bits per heavy atom. The smallest absolute Gasteiger partial charge is 0.263 e. The average Bonchev–Trinajstić information content (AvgIpc) is 2.02. The molecule has 0 bridgehead atoms. The number of rotatable bonds is 5. The van der Waals surface area contributed by atoms with Gasteiger partial charge in [0.25, 0.3) is 4.45 Å². The van der Waals surface area contributed by atoms with E-state index < -0.39 is 31.3 Å². The highest BCUT2D eigenvalue weighted by atomic mass is 79.9. The Hall–Kier alpha value is -1.32. The molecule has 0 saturated heterocycles. The Labute approximate surface area is 92.0 Å². The van der Waals surface area contributed by atoms with Gasteiger partial charge in [0.2, 0.25) is 0 Å². The maximum Gasteiger partial charge on any atom is 0.463 e. The molecule has 1 atom stereocenters. The van der Waals surface area contributed by atoms with Crippen molar-refractivity contribution >= 4 is 15.9 Å². The van der Waals surface area contributed by atoms with Gasteiger partial charge >= 0.3 is 5.66 Å². The summed E-state index contributed by atoms with van der Waals surface area (Å²) < 4.78 is -1.90. The summed E-state index contributed by atoms with van der Waals surface area (Å²) in [7, 11) is 0. The van der Waals surface area contributed by atoms with Gasteiger partial charge in [0.05, 0.1) is 16.8 Å². The van der Waals surface area contributed by atoms with Crippen molar-refractivity contribution in [2.24, 2.45) is 0 Å². The van der Waals surface area contributed by atoms with Crippen LogP contribution < -0.4 is 0 Å². The second-order valence-corrected chi connectivity index (χ2v) is 5.02. The molecule has 0 saturated carbocycles. The summed E-state index contributed by atoms with van der Waals surface area (Å²) in [6, 6.07) is 0. The van der Waals surface area contributed by atoms with E-state index in [2.05, 4.69) is 15.9 Å². The molecule has 0 aromatic carbocycles. The molecule has 0 aromatic rings. The van der Waals surface area contributed by atoms with Crippen molar-refractivity contribution in [3.63, 3.8) is 0 Å². The van der Waals surface area contributed by atoms with Crippen molar-refractivity contribution in [2.75, 3.05) is 0 Å². The third-order valence-electron chi connectivity index (χ3n) is 1.82. The van der Waals surface area contributed by atoms with Crippen molar-refractivity contribution in [1.82, 2.24) is 0 Å². The molecule has 10 heteroatoms. The molecule has 0 heterocycles. The molecule has 86 valence electrons. The van der Waals surface area contributed by atoms with Crippen LogP contribution in [0.1, 0.15) is 20.3 Å². The molecule has 0 aliphatic carbocycles. The molecule has 0 radical (unpaired) electrons. The van der Waals surface area contributed by atoms with Crippen LogP contribution in [0, 0.1) is 30.3 Å². The van der Waals surface area contributed by atoms with Crippen molar-refractivity contribution in [2.45, 2.75) is 30.4 Å². The predicted molar refractivity (Wildman–Crippen MR) is 51.3 cm³/mol. The summed E-state index contributed by atoms with van der Waals surface area (Å²) in [5.41, 5.74) is -2.58. The number of nitro groups is 3. The predicted octanol–water partition coefficient (Wildman–Crippen LogP) is 1.03. The van der Waals surface area contributed by atoms with Crippen LogP contribution in [0.15, 0.2) is 0 Å². The van der Waals surface area contributed by atoms with Crippen LogP contribution in [0.2, 0.25) is 0 Å².